The van der Waals surface area contributed by atoms with Crippen molar-refractivity contribution >= 4 is 15.7 Å². The van der Waals surface area contributed by atoms with Gasteiger partial charge in [0.1, 0.15) is 10.6 Å². The summed E-state index contributed by atoms with van der Waals surface area (Å²) in [5.74, 6) is 0.891. The van der Waals surface area contributed by atoms with E-state index in [1.165, 1.54) is 19.2 Å². The van der Waals surface area contributed by atoms with Gasteiger partial charge in [0.05, 0.1) is 12.8 Å². The lowest BCUT2D eigenvalue weighted by Crippen LogP contribution is -2.37. The molecule has 0 atom stereocenters. The minimum Gasteiger partial charge on any atom is -0.497 e. The van der Waals surface area contributed by atoms with Crippen LogP contribution in [-0.2, 0) is 10.0 Å². The Bertz CT molecular complexity index is 566. The van der Waals surface area contributed by atoms with Crippen molar-refractivity contribution < 1.29 is 13.2 Å². The van der Waals surface area contributed by atoms with E-state index in [0.29, 0.717) is 18.2 Å². The Morgan fingerprint density at radius 1 is 1.35 bits per heavy atom. The van der Waals surface area contributed by atoms with Gasteiger partial charge in [-0.05, 0) is 23.5 Å². The molecule has 0 heterocycles. The van der Waals surface area contributed by atoms with E-state index >= 15 is 0 Å². The SMILES string of the molecule is COc1ccc(S(=O)(=O)NCC(C)(C)C(C)C)c(N)c1. The van der Waals surface area contributed by atoms with E-state index in [1.807, 2.05) is 13.8 Å². The molecule has 6 heteroatoms. The fourth-order valence-electron chi connectivity index (χ4n) is 1.46. The molecule has 0 bridgehead atoms. The summed E-state index contributed by atoms with van der Waals surface area (Å²) in [6.45, 7) is 8.54. The zero-order valence-electron chi connectivity index (χ0n) is 12.7. The van der Waals surface area contributed by atoms with Crippen molar-refractivity contribution in [1.82, 2.24) is 4.72 Å². The fraction of sp³-hybridized carbons (Fsp3) is 0.571. The Kier molecular flexibility index (Phi) is 5.05. The van der Waals surface area contributed by atoms with E-state index in [2.05, 4.69) is 18.6 Å². The Balaban J connectivity index is 2.95. The predicted molar refractivity (Wildman–Crippen MR) is 81.2 cm³/mol. The van der Waals surface area contributed by atoms with Crippen LogP contribution in [0.15, 0.2) is 23.1 Å². The van der Waals surface area contributed by atoms with Crippen LogP contribution in [0, 0.1) is 11.3 Å². The van der Waals surface area contributed by atoms with Crippen LogP contribution in [0.5, 0.6) is 5.75 Å². The van der Waals surface area contributed by atoms with Gasteiger partial charge in [0.15, 0.2) is 0 Å². The van der Waals surface area contributed by atoms with Gasteiger partial charge in [-0.2, -0.15) is 0 Å². The number of nitrogen functional groups attached to an aromatic ring is 1. The number of nitrogens with two attached hydrogens (primary N) is 1. The highest BCUT2D eigenvalue weighted by atomic mass is 32.2. The number of sulfonamides is 1. The van der Waals surface area contributed by atoms with Crippen LogP contribution in [0.25, 0.3) is 0 Å². The average molecular weight is 300 g/mol. The summed E-state index contributed by atoms with van der Waals surface area (Å²) in [6, 6.07) is 4.54. The summed E-state index contributed by atoms with van der Waals surface area (Å²) in [5, 5.41) is 0. The van der Waals surface area contributed by atoms with Gasteiger partial charge in [-0.25, -0.2) is 13.1 Å². The van der Waals surface area contributed by atoms with Gasteiger partial charge in [0.25, 0.3) is 0 Å². The Labute approximate surface area is 121 Å². The third-order valence-corrected chi connectivity index (χ3v) is 5.26. The van der Waals surface area contributed by atoms with Crippen LogP contribution in [0.2, 0.25) is 0 Å². The quantitative estimate of drug-likeness (QED) is 0.789. The molecule has 1 rings (SSSR count). The Morgan fingerprint density at radius 3 is 2.40 bits per heavy atom. The van der Waals surface area contributed by atoms with Crippen molar-refractivity contribution in [3.05, 3.63) is 18.2 Å². The standard InChI is InChI=1S/C14H24N2O3S/c1-10(2)14(3,4)9-16-20(17,18)13-7-6-11(19-5)8-12(13)15/h6-8,10,16H,9,15H2,1-5H3. The normalized spacial score (nSPS) is 12.7. The molecule has 0 aliphatic heterocycles. The molecule has 1 aromatic carbocycles. The molecule has 0 radical (unpaired) electrons. The maximum atomic E-state index is 12.3. The molecule has 0 saturated carbocycles. The smallest absolute Gasteiger partial charge is 0.242 e. The number of hydrogen-bond acceptors (Lipinski definition) is 4. The zero-order valence-corrected chi connectivity index (χ0v) is 13.5. The maximum absolute atomic E-state index is 12.3. The Hall–Kier alpha value is -1.27. The molecule has 0 unspecified atom stereocenters. The average Bonchev–Trinajstić information content (AvgIpc) is 2.36. The maximum Gasteiger partial charge on any atom is 0.242 e. The van der Waals surface area contributed by atoms with Crippen LogP contribution in [-0.4, -0.2) is 22.1 Å². The first-order valence-electron chi connectivity index (χ1n) is 6.53. The van der Waals surface area contributed by atoms with E-state index in [1.54, 1.807) is 6.07 Å². The number of methoxy groups -OCH3 is 1. The highest BCUT2D eigenvalue weighted by molar-refractivity contribution is 7.89. The first kappa shape index (κ1) is 16.8. The highest BCUT2D eigenvalue weighted by Gasteiger charge is 2.26. The zero-order chi connectivity index (χ0) is 15.6. The van der Waals surface area contributed by atoms with Gasteiger partial charge in [-0.15, -0.1) is 0 Å². The third-order valence-electron chi connectivity index (χ3n) is 3.79. The van der Waals surface area contributed by atoms with Crippen LogP contribution < -0.4 is 15.2 Å². The molecule has 0 fully saturated rings. The number of ether oxygens (including phenoxy) is 1. The van der Waals surface area contributed by atoms with Gasteiger partial charge >= 0.3 is 0 Å². The van der Waals surface area contributed by atoms with E-state index in [9.17, 15) is 8.42 Å². The van der Waals surface area contributed by atoms with Crippen molar-refractivity contribution in [3.8, 4) is 5.75 Å². The molecule has 0 aliphatic carbocycles. The molecular weight excluding hydrogens is 276 g/mol. The second kappa shape index (κ2) is 6.01. The number of hydrogen-bond donors (Lipinski definition) is 2. The van der Waals surface area contributed by atoms with Crippen molar-refractivity contribution in [3.63, 3.8) is 0 Å². The summed E-state index contributed by atoms with van der Waals surface area (Å²) < 4.78 is 32.2. The molecule has 0 spiro atoms. The molecule has 5 nitrogen and oxygen atoms in total. The monoisotopic (exact) mass is 300 g/mol. The second-order valence-corrected chi connectivity index (χ2v) is 7.61. The summed E-state index contributed by atoms with van der Waals surface area (Å²) >= 11 is 0. The first-order valence-corrected chi connectivity index (χ1v) is 8.01. The molecule has 0 saturated heterocycles. The van der Waals surface area contributed by atoms with Crippen LogP contribution in [0.3, 0.4) is 0 Å². The largest absolute Gasteiger partial charge is 0.497 e. The third kappa shape index (κ3) is 3.86. The number of rotatable bonds is 6. The van der Waals surface area contributed by atoms with E-state index in [0.717, 1.165) is 0 Å². The summed E-state index contributed by atoms with van der Waals surface area (Å²) in [5.41, 5.74) is 5.83. The molecule has 0 aromatic heterocycles. The lowest BCUT2D eigenvalue weighted by atomic mass is 9.81. The predicted octanol–water partition coefficient (Wildman–Crippen LogP) is 2.24. The number of benzene rings is 1. The second-order valence-electron chi connectivity index (χ2n) is 5.87. The summed E-state index contributed by atoms with van der Waals surface area (Å²) in [6.07, 6.45) is 0. The number of nitrogens with one attached hydrogen (secondary N) is 1. The van der Waals surface area contributed by atoms with Crippen molar-refractivity contribution in [1.29, 1.82) is 0 Å². The van der Waals surface area contributed by atoms with E-state index < -0.39 is 10.0 Å². The molecule has 0 amide bonds. The molecule has 3 N–H and O–H groups in total. The van der Waals surface area contributed by atoms with Crippen LogP contribution >= 0.6 is 0 Å². The highest BCUT2D eigenvalue weighted by Crippen LogP contribution is 2.27. The molecule has 114 valence electrons. The minimum atomic E-state index is -3.61. The summed E-state index contributed by atoms with van der Waals surface area (Å²) in [7, 11) is -2.11. The lowest BCUT2D eigenvalue weighted by Gasteiger charge is -2.29. The van der Waals surface area contributed by atoms with Gasteiger partial charge in [-0.1, -0.05) is 27.7 Å². The molecule has 20 heavy (non-hydrogen) atoms. The van der Waals surface area contributed by atoms with Crippen LogP contribution in [0.4, 0.5) is 5.69 Å². The minimum absolute atomic E-state index is 0.0813. The van der Waals surface area contributed by atoms with Crippen molar-refractivity contribution in [2.45, 2.75) is 32.6 Å². The van der Waals surface area contributed by atoms with Crippen LogP contribution in [0.1, 0.15) is 27.7 Å². The lowest BCUT2D eigenvalue weighted by molar-refractivity contribution is 0.252. The van der Waals surface area contributed by atoms with E-state index in [-0.39, 0.29) is 16.0 Å². The summed E-state index contributed by atoms with van der Waals surface area (Å²) in [4.78, 5) is 0.0813. The van der Waals surface area contributed by atoms with Gasteiger partial charge < -0.3 is 10.5 Å². The molecule has 0 aliphatic rings. The molecule has 1 aromatic rings. The van der Waals surface area contributed by atoms with Crippen molar-refractivity contribution in [2.75, 3.05) is 19.4 Å². The van der Waals surface area contributed by atoms with Gasteiger partial charge in [-0.3, -0.25) is 0 Å². The van der Waals surface area contributed by atoms with E-state index in [4.69, 9.17) is 10.5 Å². The van der Waals surface area contributed by atoms with Crippen molar-refractivity contribution in [2.24, 2.45) is 11.3 Å². The topological polar surface area (TPSA) is 81.4 Å². The Morgan fingerprint density at radius 2 is 1.95 bits per heavy atom. The first-order chi connectivity index (χ1) is 9.10. The molecular formula is C14H24N2O3S. The fourth-order valence-corrected chi connectivity index (χ4v) is 2.80. The van der Waals surface area contributed by atoms with Gasteiger partial charge in [0, 0.05) is 12.6 Å². The number of anilines is 1. The van der Waals surface area contributed by atoms with Gasteiger partial charge in [0.2, 0.25) is 10.0 Å².